The van der Waals surface area contributed by atoms with Crippen molar-refractivity contribution in [2.75, 3.05) is 13.1 Å². The summed E-state index contributed by atoms with van der Waals surface area (Å²) in [7, 11) is 0. The first kappa shape index (κ1) is 15.8. The minimum atomic E-state index is -0.219. The Kier molecular flexibility index (Phi) is 4.24. The van der Waals surface area contributed by atoms with Gasteiger partial charge in [0.25, 0.3) is 0 Å². The summed E-state index contributed by atoms with van der Waals surface area (Å²) in [5.74, 6) is 1.68. The van der Waals surface area contributed by atoms with E-state index in [-0.39, 0.29) is 11.8 Å². The molecule has 2 atom stereocenters. The van der Waals surface area contributed by atoms with E-state index >= 15 is 0 Å². The number of imidazole rings is 1. The summed E-state index contributed by atoms with van der Waals surface area (Å²) in [5, 5.41) is 3.97. The largest absolute Gasteiger partial charge is 0.361 e. The third-order valence-electron chi connectivity index (χ3n) is 4.86. The van der Waals surface area contributed by atoms with Gasteiger partial charge >= 0.3 is 0 Å². The number of carbonyl (C=O) groups is 1. The van der Waals surface area contributed by atoms with Gasteiger partial charge < -0.3 is 14.0 Å². The molecule has 0 spiro atoms. The fourth-order valence-corrected chi connectivity index (χ4v) is 3.66. The summed E-state index contributed by atoms with van der Waals surface area (Å²) in [6.45, 7) is 9.27. The van der Waals surface area contributed by atoms with Crippen LogP contribution in [-0.2, 0) is 4.79 Å². The Morgan fingerprint density at radius 1 is 1.39 bits per heavy atom. The lowest BCUT2D eigenvalue weighted by Crippen LogP contribution is -2.42. The number of piperidine rings is 1. The Balaban J connectivity index is 1.76. The molecule has 1 amide bonds. The second-order valence-corrected chi connectivity index (χ2v) is 6.42. The first-order valence-corrected chi connectivity index (χ1v) is 8.20. The third kappa shape index (κ3) is 2.90. The zero-order chi connectivity index (χ0) is 16.6. The number of nitrogens with zero attached hydrogens (tertiary/aromatic N) is 4. The maximum Gasteiger partial charge on any atom is 0.230 e. The van der Waals surface area contributed by atoms with Gasteiger partial charge in [-0.1, -0.05) is 5.16 Å². The van der Waals surface area contributed by atoms with Crippen molar-refractivity contribution in [3.63, 3.8) is 0 Å². The normalized spacial score (nSPS) is 19.8. The minimum absolute atomic E-state index is 0.155. The fraction of sp³-hybridized carbons (Fsp3) is 0.588. The highest BCUT2D eigenvalue weighted by Gasteiger charge is 2.31. The molecule has 1 aliphatic rings. The number of rotatable bonds is 3. The van der Waals surface area contributed by atoms with E-state index in [2.05, 4.69) is 14.7 Å². The van der Waals surface area contributed by atoms with Crippen LogP contribution in [-0.4, -0.2) is 38.6 Å². The molecule has 3 rings (SSSR count). The number of aryl methyl sites for hydroxylation is 3. The predicted molar refractivity (Wildman–Crippen MR) is 86.2 cm³/mol. The summed E-state index contributed by atoms with van der Waals surface area (Å²) in [6.07, 6.45) is 5.93. The van der Waals surface area contributed by atoms with Crippen LogP contribution in [0.3, 0.4) is 0 Å². The van der Waals surface area contributed by atoms with Gasteiger partial charge in [0, 0.05) is 31.0 Å². The maximum absolute atomic E-state index is 12.9. The molecule has 0 N–H and O–H groups in total. The first-order chi connectivity index (χ1) is 11.0. The van der Waals surface area contributed by atoms with Crippen LogP contribution < -0.4 is 0 Å². The third-order valence-corrected chi connectivity index (χ3v) is 4.86. The van der Waals surface area contributed by atoms with Crippen molar-refractivity contribution < 1.29 is 9.32 Å². The monoisotopic (exact) mass is 316 g/mol. The Hall–Kier alpha value is -2.11. The first-order valence-electron chi connectivity index (χ1n) is 8.20. The lowest BCUT2D eigenvalue weighted by atomic mass is 9.96. The van der Waals surface area contributed by atoms with Crippen molar-refractivity contribution >= 4 is 5.91 Å². The average molecular weight is 316 g/mol. The van der Waals surface area contributed by atoms with Gasteiger partial charge in [0.1, 0.15) is 11.6 Å². The number of aromatic nitrogens is 3. The van der Waals surface area contributed by atoms with Gasteiger partial charge in [-0.3, -0.25) is 4.79 Å². The Morgan fingerprint density at radius 3 is 2.78 bits per heavy atom. The van der Waals surface area contributed by atoms with Gasteiger partial charge in [0.15, 0.2) is 0 Å². The van der Waals surface area contributed by atoms with Crippen molar-refractivity contribution in [1.82, 2.24) is 19.6 Å². The molecule has 0 bridgehead atoms. The number of hydrogen-bond acceptors (Lipinski definition) is 4. The van der Waals surface area contributed by atoms with Gasteiger partial charge in [-0.05, 0) is 40.5 Å². The zero-order valence-electron chi connectivity index (χ0n) is 14.2. The van der Waals surface area contributed by atoms with Crippen molar-refractivity contribution in [2.45, 2.75) is 52.5 Å². The maximum atomic E-state index is 12.9. The van der Waals surface area contributed by atoms with E-state index in [9.17, 15) is 4.79 Å². The Labute approximate surface area is 136 Å². The van der Waals surface area contributed by atoms with Crippen molar-refractivity contribution in [2.24, 2.45) is 0 Å². The molecule has 0 aliphatic carbocycles. The lowest BCUT2D eigenvalue weighted by Gasteiger charge is -2.35. The molecule has 0 saturated carbocycles. The smallest absolute Gasteiger partial charge is 0.230 e. The molecule has 124 valence electrons. The van der Waals surface area contributed by atoms with E-state index in [0.29, 0.717) is 6.04 Å². The van der Waals surface area contributed by atoms with Gasteiger partial charge in [0.05, 0.1) is 17.7 Å². The highest BCUT2D eigenvalue weighted by molar-refractivity contribution is 5.84. The highest BCUT2D eigenvalue weighted by atomic mass is 16.5. The van der Waals surface area contributed by atoms with Crippen molar-refractivity contribution in [3.8, 4) is 0 Å². The molecular formula is C17H24N4O2. The molecule has 3 heterocycles. The number of hydrogen-bond donors (Lipinski definition) is 0. The minimum Gasteiger partial charge on any atom is -0.361 e. The van der Waals surface area contributed by atoms with Crippen molar-refractivity contribution in [1.29, 1.82) is 0 Å². The van der Waals surface area contributed by atoms with Crippen LogP contribution in [0.2, 0.25) is 0 Å². The van der Waals surface area contributed by atoms with Crippen molar-refractivity contribution in [3.05, 3.63) is 35.2 Å². The average Bonchev–Trinajstić information content (AvgIpc) is 3.12. The van der Waals surface area contributed by atoms with Gasteiger partial charge in [-0.25, -0.2) is 4.98 Å². The van der Waals surface area contributed by atoms with Crippen LogP contribution in [0.15, 0.2) is 16.9 Å². The second-order valence-electron chi connectivity index (χ2n) is 6.42. The SMILES string of the molecule is Cc1noc(C)c1[C@H](C)C(=O)N1CCC[C@@H](n2ccnc2C)C1. The summed E-state index contributed by atoms with van der Waals surface area (Å²) in [4.78, 5) is 19.2. The van der Waals surface area contributed by atoms with E-state index in [1.807, 2.05) is 45.0 Å². The number of carbonyl (C=O) groups excluding carboxylic acids is 1. The molecular weight excluding hydrogens is 292 g/mol. The highest BCUT2D eigenvalue weighted by Crippen LogP contribution is 2.28. The van der Waals surface area contributed by atoms with E-state index in [1.54, 1.807) is 0 Å². The van der Waals surface area contributed by atoms with E-state index in [0.717, 1.165) is 48.8 Å². The molecule has 1 fully saturated rings. The molecule has 1 aliphatic heterocycles. The van der Waals surface area contributed by atoms with Gasteiger partial charge in [-0.2, -0.15) is 0 Å². The zero-order valence-corrected chi connectivity index (χ0v) is 14.2. The standard InChI is InChI=1S/C17H24N4O2/c1-11(16-12(2)19-23-13(16)3)17(22)20-8-5-6-15(10-20)21-9-7-18-14(21)4/h7,9,11,15H,5-6,8,10H2,1-4H3/t11-,15+/m0/s1. The van der Waals surface area contributed by atoms with E-state index in [1.165, 1.54) is 0 Å². The van der Waals surface area contributed by atoms with E-state index < -0.39 is 0 Å². The predicted octanol–water partition coefficient (Wildman–Crippen LogP) is 2.76. The van der Waals surface area contributed by atoms with Crippen LogP contribution in [0.4, 0.5) is 0 Å². The lowest BCUT2D eigenvalue weighted by molar-refractivity contribution is -0.134. The van der Waals surface area contributed by atoms with E-state index in [4.69, 9.17) is 4.52 Å². The summed E-state index contributed by atoms with van der Waals surface area (Å²) < 4.78 is 7.40. The molecule has 1 saturated heterocycles. The quantitative estimate of drug-likeness (QED) is 0.873. The van der Waals surface area contributed by atoms with Crippen LogP contribution >= 0.6 is 0 Å². The topological polar surface area (TPSA) is 64.2 Å². The Bertz CT molecular complexity index is 684. The molecule has 6 heteroatoms. The van der Waals surface area contributed by atoms with Crippen LogP contribution in [0, 0.1) is 20.8 Å². The summed E-state index contributed by atoms with van der Waals surface area (Å²) in [6, 6.07) is 0.312. The second kappa shape index (κ2) is 6.18. The molecule has 6 nitrogen and oxygen atoms in total. The van der Waals surface area contributed by atoms with Crippen LogP contribution in [0.5, 0.6) is 0 Å². The summed E-state index contributed by atoms with van der Waals surface area (Å²) >= 11 is 0. The van der Waals surface area contributed by atoms with Gasteiger partial charge in [0.2, 0.25) is 5.91 Å². The summed E-state index contributed by atoms with van der Waals surface area (Å²) in [5.41, 5.74) is 1.73. The molecule has 2 aromatic heterocycles. The number of amides is 1. The Morgan fingerprint density at radius 2 is 2.17 bits per heavy atom. The fourth-order valence-electron chi connectivity index (χ4n) is 3.66. The van der Waals surface area contributed by atoms with Crippen LogP contribution in [0.1, 0.15) is 54.6 Å². The molecule has 2 aromatic rings. The van der Waals surface area contributed by atoms with Crippen LogP contribution in [0.25, 0.3) is 0 Å². The molecule has 0 radical (unpaired) electrons. The molecule has 0 unspecified atom stereocenters. The molecule has 23 heavy (non-hydrogen) atoms. The number of likely N-dealkylation sites (tertiary alicyclic amines) is 1. The molecule has 0 aromatic carbocycles. The van der Waals surface area contributed by atoms with Gasteiger partial charge in [-0.15, -0.1) is 0 Å².